The van der Waals surface area contributed by atoms with Crippen molar-refractivity contribution >= 4 is 46.6 Å². The first kappa shape index (κ1) is 22.8. The Hall–Kier alpha value is -3.63. The summed E-state index contributed by atoms with van der Waals surface area (Å²) in [5.74, 6) is -2.62. The maximum absolute atomic E-state index is 14.0. The van der Waals surface area contributed by atoms with E-state index in [4.69, 9.17) is 26.8 Å². The number of rotatable bonds is 4. The Labute approximate surface area is 211 Å². The molecule has 2 saturated heterocycles. The Bertz CT molecular complexity index is 1360. The van der Waals surface area contributed by atoms with Crippen LogP contribution in [-0.4, -0.2) is 42.9 Å². The highest BCUT2D eigenvalue weighted by Crippen LogP contribution is 2.52. The standard InChI is InChI=1S/C25H23ClN4O6/c1-11-14(26)4-3-13-21(11)28-24(34)25(13)20-19(15(29-25)5-7-18(27)31)22(32)30(23(20)33)12-2-6-16-17(10-12)36-9-8-35-16/h2-4,6,10,15,19-20,29H,5,7-9H2,1H3,(H2,27,31)(H,28,34)/p+1/t15-,19-,20+,25-/m1/s1. The minimum absolute atomic E-state index is 0.0279. The van der Waals surface area contributed by atoms with Crippen LogP contribution in [0.5, 0.6) is 11.5 Å². The molecule has 2 aromatic rings. The molecule has 0 aliphatic carbocycles. The fourth-order valence-corrected chi connectivity index (χ4v) is 6.31. The maximum Gasteiger partial charge on any atom is 0.291 e. The number of primary amides is 1. The van der Waals surface area contributed by atoms with Crippen LogP contribution >= 0.6 is 11.6 Å². The average Bonchev–Trinajstić information content (AvgIpc) is 3.44. The number of carbonyl (C=O) groups excluding carboxylic acids is 4. The average molecular weight is 512 g/mol. The van der Waals surface area contributed by atoms with E-state index in [2.05, 4.69) is 5.32 Å². The summed E-state index contributed by atoms with van der Waals surface area (Å²) in [5.41, 5.74) is 6.23. The molecule has 10 nitrogen and oxygen atoms in total. The first-order valence-corrected chi connectivity index (χ1v) is 12.1. The fraction of sp³-hybridized carbons (Fsp3) is 0.360. The van der Waals surface area contributed by atoms with Gasteiger partial charge in [-0.25, -0.2) is 4.90 Å². The van der Waals surface area contributed by atoms with Crippen molar-refractivity contribution in [1.29, 1.82) is 0 Å². The number of carbonyl (C=O) groups is 4. The van der Waals surface area contributed by atoms with Crippen molar-refractivity contribution in [2.75, 3.05) is 23.4 Å². The van der Waals surface area contributed by atoms with Crippen LogP contribution in [0, 0.1) is 18.8 Å². The van der Waals surface area contributed by atoms with E-state index < -0.39 is 41.1 Å². The van der Waals surface area contributed by atoms with Crippen molar-refractivity contribution < 1.29 is 34.0 Å². The minimum atomic E-state index is -1.37. The predicted octanol–water partition coefficient (Wildman–Crippen LogP) is 0.584. The molecule has 0 aromatic heterocycles. The molecule has 186 valence electrons. The van der Waals surface area contributed by atoms with Crippen LogP contribution in [0.25, 0.3) is 0 Å². The number of benzene rings is 2. The fourth-order valence-electron chi connectivity index (χ4n) is 6.15. The van der Waals surface area contributed by atoms with Gasteiger partial charge in [0.25, 0.3) is 5.91 Å². The third kappa shape index (κ3) is 3.00. The largest absolute Gasteiger partial charge is 0.486 e. The van der Waals surface area contributed by atoms with Crippen LogP contribution < -0.4 is 30.7 Å². The molecule has 2 aromatic carbocycles. The quantitative estimate of drug-likeness (QED) is 0.512. The Morgan fingerprint density at radius 2 is 1.92 bits per heavy atom. The molecule has 2 fully saturated rings. The molecule has 5 N–H and O–H groups in total. The van der Waals surface area contributed by atoms with Crippen LogP contribution in [0.4, 0.5) is 11.4 Å². The first-order valence-electron chi connectivity index (χ1n) is 11.8. The summed E-state index contributed by atoms with van der Waals surface area (Å²) >= 11 is 6.31. The highest BCUT2D eigenvalue weighted by molar-refractivity contribution is 6.32. The number of anilines is 2. The summed E-state index contributed by atoms with van der Waals surface area (Å²) in [7, 11) is 0. The van der Waals surface area contributed by atoms with Gasteiger partial charge in [-0.15, -0.1) is 0 Å². The van der Waals surface area contributed by atoms with Gasteiger partial charge >= 0.3 is 0 Å². The van der Waals surface area contributed by atoms with Crippen LogP contribution in [-0.2, 0) is 24.7 Å². The number of halogens is 1. The Balaban J connectivity index is 1.47. The highest BCUT2D eigenvalue weighted by Gasteiger charge is 2.74. The van der Waals surface area contributed by atoms with Gasteiger partial charge in [0.15, 0.2) is 11.5 Å². The van der Waals surface area contributed by atoms with E-state index in [9.17, 15) is 19.2 Å². The van der Waals surface area contributed by atoms with Crippen LogP contribution in [0.2, 0.25) is 5.02 Å². The van der Waals surface area contributed by atoms with E-state index in [-0.39, 0.29) is 18.7 Å². The second-order valence-corrected chi connectivity index (χ2v) is 10.0. The number of nitrogens with two attached hydrogens (primary N) is 2. The van der Waals surface area contributed by atoms with E-state index in [0.717, 1.165) is 4.90 Å². The normalized spacial score (nSPS) is 27.9. The Morgan fingerprint density at radius 3 is 2.67 bits per heavy atom. The lowest BCUT2D eigenvalue weighted by molar-refractivity contribution is -0.733. The molecule has 0 saturated carbocycles. The molecule has 4 amide bonds. The summed E-state index contributed by atoms with van der Waals surface area (Å²) in [4.78, 5) is 54.2. The molecule has 4 atom stereocenters. The third-order valence-electron chi connectivity index (χ3n) is 7.75. The van der Waals surface area contributed by atoms with E-state index in [1.807, 2.05) is 0 Å². The first-order chi connectivity index (χ1) is 17.2. The van der Waals surface area contributed by atoms with E-state index in [0.29, 0.717) is 52.2 Å². The number of ether oxygens (including phenoxy) is 2. The van der Waals surface area contributed by atoms with E-state index in [1.165, 1.54) is 0 Å². The summed E-state index contributed by atoms with van der Waals surface area (Å²) in [6, 6.07) is 7.81. The molecule has 4 aliphatic rings. The number of quaternary nitrogens is 1. The second kappa shape index (κ2) is 7.94. The van der Waals surface area contributed by atoms with Gasteiger partial charge in [-0.05, 0) is 36.8 Å². The van der Waals surface area contributed by atoms with Crippen molar-refractivity contribution in [1.82, 2.24) is 0 Å². The number of nitrogens with one attached hydrogen (secondary N) is 1. The summed E-state index contributed by atoms with van der Waals surface area (Å²) in [6.45, 7) is 2.56. The van der Waals surface area contributed by atoms with Gasteiger partial charge < -0.3 is 25.8 Å². The van der Waals surface area contributed by atoms with Crippen molar-refractivity contribution in [2.24, 2.45) is 17.6 Å². The van der Waals surface area contributed by atoms with E-state index in [1.54, 1.807) is 42.6 Å². The zero-order valence-corrected chi connectivity index (χ0v) is 20.1. The Morgan fingerprint density at radius 1 is 1.17 bits per heavy atom. The lowest BCUT2D eigenvalue weighted by Gasteiger charge is -2.27. The van der Waals surface area contributed by atoms with Gasteiger partial charge in [-0.2, -0.15) is 0 Å². The van der Waals surface area contributed by atoms with Crippen molar-refractivity contribution in [3.05, 3.63) is 46.5 Å². The lowest BCUT2D eigenvalue weighted by atomic mass is 9.76. The number of hydrogen-bond acceptors (Lipinski definition) is 6. The van der Waals surface area contributed by atoms with Crippen LogP contribution in [0.3, 0.4) is 0 Å². The summed E-state index contributed by atoms with van der Waals surface area (Å²) < 4.78 is 11.2. The van der Waals surface area contributed by atoms with Gasteiger partial charge in [-0.1, -0.05) is 11.6 Å². The third-order valence-corrected chi connectivity index (χ3v) is 8.16. The molecule has 6 rings (SSSR count). The molecule has 4 aliphatic heterocycles. The molecule has 0 unspecified atom stereocenters. The van der Waals surface area contributed by atoms with Crippen molar-refractivity contribution in [3.63, 3.8) is 0 Å². The number of fused-ring (bicyclic) bond motifs is 5. The van der Waals surface area contributed by atoms with Crippen LogP contribution in [0.1, 0.15) is 24.0 Å². The molecule has 11 heteroatoms. The molecule has 36 heavy (non-hydrogen) atoms. The van der Waals surface area contributed by atoms with Gasteiger partial charge in [0.1, 0.15) is 31.1 Å². The number of hydrogen-bond donors (Lipinski definition) is 3. The highest BCUT2D eigenvalue weighted by atomic mass is 35.5. The van der Waals surface area contributed by atoms with Gasteiger partial charge in [0, 0.05) is 29.5 Å². The van der Waals surface area contributed by atoms with Crippen molar-refractivity contribution in [3.8, 4) is 11.5 Å². The van der Waals surface area contributed by atoms with Gasteiger partial charge in [-0.3, -0.25) is 19.2 Å². The SMILES string of the molecule is Cc1c(Cl)ccc2c1NC(=O)[C@@]21[NH2+][C@H](CCC(N)=O)[C@H]2C(=O)N(c3ccc4c(c3)OCCO4)C(=O)[C@H]21. The number of imide groups is 1. The number of nitrogens with zero attached hydrogens (tertiary/aromatic N) is 1. The molecule has 1 spiro atoms. The second-order valence-electron chi connectivity index (χ2n) is 9.60. The summed E-state index contributed by atoms with van der Waals surface area (Å²) in [6.07, 6.45) is 0.279. The Kier molecular flexibility index (Phi) is 5.03. The smallest absolute Gasteiger partial charge is 0.291 e. The minimum Gasteiger partial charge on any atom is -0.486 e. The topological polar surface area (TPSA) is 145 Å². The summed E-state index contributed by atoms with van der Waals surface area (Å²) in [5, 5.41) is 5.16. The lowest BCUT2D eigenvalue weighted by Crippen LogP contribution is -2.99. The van der Waals surface area contributed by atoms with Gasteiger partial charge in [0.2, 0.25) is 23.3 Å². The van der Waals surface area contributed by atoms with E-state index >= 15 is 0 Å². The molecule has 0 radical (unpaired) electrons. The zero-order valence-electron chi connectivity index (χ0n) is 19.4. The molecule has 4 heterocycles. The molecular formula is C25H24ClN4O6+. The van der Waals surface area contributed by atoms with Crippen molar-refractivity contribution in [2.45, 2.75) is 31.3 Å². The van der Waals surface area contributed by atoms with Gasteiger partial charge in [0.05, 0.1) is 11.4 Å². The number of amides is 4. The molecular weight excluding hydrogens is 488 g/mol. The monoisotopic (exact) mass is 511 g/mol. The predicted molar refractivity (Wildman–Crippen MR) is 128 cm³/mol. The molecule has 0 bridgehead atoms. The maximum atomic E-state index is 14.0. The van der Waals surface area contributed by atoms with Crippen LogP contribution in [0.15, 0.2) is 30.3 Å². The zero-order chi connectivity index (χ0) is 25.4.